The lowest BCUT2D eigenvalue weighted by Gasteiger charge is -2.45. The third-order valence-corrected chi connectivity index (χ3v) is 11.2. The molecule has 3 saturated carbocycles. The van der Waals surface area contributed by atoms with Gasteiger partial charge in [0.25, 0.3) is 0 Å². The van der Waals surface area contributed by atoms with Crippen LogP contribution in [0.5, 0.6) is 0 Å². The molecule has 2 nitrogen and oxygen atoms in total. The summed E-state index contributed by atoms with van der Waals surface area (Å²) in [6, 6.07) is 6.62. The predicted octanol–water partition coefficient (Wildman–Crippen LogP) is 5.68. The molecular weight excluding hydrogens is 511 g/mol. The molecule has 0 radical (unpaired) electrons. The van der Waals surface area contributed by atoms with Crippen molar-refractivity contribution in [3.63, 3.8) is 0 Å². The summed E-state index contributed by atoms with van der Waals surface area (Å²) in [5.41, 5.74) is 3.26. The van der Waals surface area contributed by atoms with Crippen LogP contribution in [0.4, 0.5) is 4.39 Å². The van der Waals surface area contributed by atoms with Gasteiger partial charge in [0.2, 0.25) is 0 Å². The average molecular weight is 532 g/mol. The van der Waals surface area contributed by atoms with Crippen LogP contribution in [0.15, 0.2) is 53.3 Å². The molecular formula is C25H21Br2FO2. The van der Waals surface area contributed by atoms with E-state index in [9.17, 15) is 9.18 Å². The highest BCUT2D eigenvalue weighted by Crippen LogP contribution is 2.77. The normalized spacial score (nSPS) is 48.0. The van der Waals surface area contributed by atoms with Gasteiger partial charge in [-0.2, -0.15) is 0 Å². The highest BCUT2D eigenvalue weighted by atomic mass is 79.9. The minimum Gasteiger partial charge on any atom is -0.490 e. The zero-order valence-corrected chi connectivity index (χ0v) is 19.4. The van der Waals surface area contributed by atoms with Crippen LogP contribution in [0, 0.1) is 46.7 Å². The Morgan fingerprint density at radius 3 is 2.83 bits per heavy atom. The molecule has 1 aromatic carbocycles. The van der Waals surface area contributed by atoms with Gasteiger partial charge in [-0.1, -0.05) is 56.1 Å². The standard InChI is InChI=1S/C25H21Br2FO2/c26-10-25-17-9-16-21(25)23-15(19(24(25)29)20(17)22(16)27)8-14-12(3-6-18(14)30-23)7-11-1-4-13(28)5-2-11/h1-7,14,16-22H,8-10H2/b12-7-. The second kappa shape index (κ2) is 5.98. The number of benzene rings is 1. The molecule has 0 aromatic heterocycles. The number of allylic oxidation sites excluding steroid dienone is 3. The maximum absolute atomic E-state index is 13.7. The first kappa shape index (κ1) is 18.4. The summed E-state index contributed by atoms with van der Waals surface area (Å²) < 4.78 is 20.0. The van der Waals surface area contributed by atoms with E-state index in [-0.39, 0.29) is 35.1 Å². The Balaban J connectivity index is 1.30. The largest absolute Gasteiger partial charge is 0.490 e. The molecule has 0 spiro atoms. The number of alkyl halides is 2. The average Bonchev–Trinajstić information content (AvgIpc) is 3.40. The van der Waals surface area contributed by atoms with Gasteiger partial charge >= 0.3 is 0 Å². The van der Waals surface area contributed by atoms with E-state index in [1.54, 1.807) is 0 Å². The van der Waals surface area contributed by atoms with Crippen LogP contribution in [-0.4, -0.2) is 22.0 Å². The van der Waals surface area contributed by atoms with E-state index >= 15 is 0 Å². The number of Topliss-reactive ketones (excluding diaryl/α,β-unsaturated/α-hetero) is 1. The van der Waals surface area contributed by atoms with Gasteiger partial charge < -0.3 is 4.74 Å². The lowest BCUT2D eigenvalue weighted by Crippen LogP contribution is -2.48. The Kier molecular flexibility index (Phi) is 3.66. The van der Waals surface area contributed by atoms with E-state index in [2.05, 4.69) is 50.1 Å². The monoisotopic (exact) mass is 530 g/mol. The molecule has 0 saturated heterocycles. The van der Waals surface area contributed by atoms with Crippen LogP contribution < -0.4 is 0 Å². The van der Waals surface area contributed by atoms with Crippen LogP contribution >= 0.6 is 31.9 Å². The molecule has 6 aliphatic rings. The molecule has 154 valence electrons. The van der Waals surface area contributed by atoms with Gasteiger partial charge in [-0.3, -0.25) is 4.79 Å². The van der Waals surface area contributed by atoms with Crippen LogP contribution in [0.3, 0.4) is 0 Å². The molecule has 0 N–H and O–H groups in total. The maximum Gasteiger partial charge on any atom is 0.148 e. The van der Waals surface area contributed by atoms with E-state index in [1.165, 1.54) is 23.3 Å². The van der Waals surface area contributed by atoms with Crippen LogP contribution in [0.1, 0.15) is 18.4 Å². The molecule has 3 fully saturated rings. The smallest absolute Gasteiger partial charge is 0.148 e. The first-order valence-electron chi connectivity index (χ1n) is 10.8. The topological polar surface area (TPSA) is 26.3 Å². The fraction of sp³-hybridized carbons (Fsp3) is 0.480. The van der Waals surface area contributed by atoms with Gasteiger partial charge in [-0.15, -0.1) is 0 Å². The molecule has 9 unspecified atom stereocenters. The van der Waals surface area contributed by atoms with Crippen LogP contribution in [-0.2, 0) is 9.53 Å². The Labute approximate surface area is 191 Å². The van der Waals surface area contributed by atoms with Gasteiger partial charge in [-0.05, 0) is 65.5 Å². The van der Waals surface area contributed by atoms with E-state index in [0.29, 0.717) is 28.4 Å². The number of halogens is 3. The number of rotatable bonds is 2. The number of carbonyl (C=O) groups excluding carboxylic acids is 1. The van der Waals surface area contributed by atoms with Gasteiger partial charge in [0.1, 0.15) is 23.5 Å². The molecule has 0 amide bonds. The fourth-order valence-electron chi connectivity index (χ4n) is 7.89. The molecule has 1 aliphatic heterocycles. The number of fused-ring (bicyclic) bond motifs is 5. The van der Waals surface area contributed by atoms with E-state index < -0.39 is 0 Å². The minimum atomic E-state index is -0.245. The molecule has 5 aliphatic carbocycles. The lowest BCUT2D eigenvalue weighted by atomic mass is 9.64. The number of ketones is 1. The van der Waals surface area contributed by atoms with Crippen molar-refractivity contribution in [2.75, 3.05) is 5.33 Å². The van der Waals surface area contributed by atoms with E-state index in [0.717, 1.165) is 29.5 Å². The second-order valence-electron chi connectivity index (χ2n) is 9.86. The zero-order chi connectivity index (χ0) is 20.4. The first-order chi connectivity index (χ1) is 14.5. The summed E-state index contributed by atoms with van der Waals surface area (Å²) in [7, 11) is 0. The van der Waals surface area contributed by atoms with Crippen molar-refractivity contribution in [3.8, 4) is 0 Å². The van der Waals surface area contributed by atoms with Crippen LogP contribution in [0.2, 0.25) is 0 Å². The highest BCUT2D eigenvalue weighted by Gasteiger charge is 2.79. The van der Waals surface area contributed by atoms with Crippen molar-refractivity contribution >= 4 is 43.7 Å². The summed E-state index contributed by atoms with van der Waals surface area (Å²) >= 11 is 7.75. The molecule has 9 atom stereocenters. The molecule has 7 rings (SSSR count). The van der Waals surface area contributed by atoms with Gasteiger partial charge in [0.05, 0.1) is 5.41 Å². The highest BCUT2D eigenvalue weighted by molar-refractivity contribution is 9.09. The maximum atomic E-state index is 13.7. The minimum absolute atomic E-state index is 0.0179. The molecule has 1 heterocycles. The molecule has 5 heteroatoms. The fourth-order valence-corrected chi connectivity index (χ4v) is 10.1. The van der Waals surface area contributed by atoms with Gasteiger partial charge in [-0.25, -0.2) is 4.39 Å². The van der Waals surface area contributed by atoms with Gasteiger partial charge in [0, 0.05) is 27.9 Å². The molecule has 30 heavy (non-hydrogen) atoms. The summed E-state index contributed by atoms with van der Waals surface area (Å²) in [6.07, 6.45) is 8.56. The van der Waals surface area contributed by atoms with E-state index in [4.69, 9.17) is 4.74 Å². The second-order valence-corrected chi connectivity index (χ2v) is 11.5. The van der Waals surface area contributed by atoms with Crippen molar-refractivity contribution in [1.29, 1.82) is 0 Å². The van der Waals surface area contributed by atoms with E-state index in [1.807, 2.05) is 12.1 Å². The number of ether oxygens (including phenoxy) is 1. The Hall–Kier alpha value is -1.20. The summed E-state index contributed by atoms with van der Waals surface area (Å²) in [5.74, 6) is 3.30. The zero-order valence-electron chi connectivity index (χ0n) is 16.2. The van der Waals surface area contributed by atoms with Crippen molar-refractivity contribution in [2.45, 2.75) is 23.8 Å². The summed E-state index contributed by atoms with van der Waals surface area (Å²) in [4.78, 5) is 14.2. The van der Waals surface area contributed by atoms with Gasteiger partial charge in [0.15, 0.2) is 0 Å². The SMILES string of the molecule is O=C1C2C3=C(OC4C=C/C(=C/c5ccc(F)cc5)C4C3)C3C4CC(C2C4Br)C13CBr. The third kappa shape index (κ3) is 1.98. The number of carbonyl (C=O) groups is 1. The number of hydrogen-bond donors (Lipinski definition) is 0. The Morgan fingerprint density at radius 1 is 1.27 bits per heavy atom. The Morgan fingerprint density at radius 2 is 2.07 bits per heavy atom. The first-order valence-corrected chi connectivity index (χ1v) is 12.9. The summed E-state index contributed by atoms with van der Waals surface area (Å²) in [6.45, 7) is 0. The third-order valence-electron chi connectivity index (χ3n) is 8.94. The molecule has 5 bridgehead atoms. The van der Waals surface area contributed by atoms with Crippen molar-refractivity contribution in [3.05, 3.63) is 64.7 Å². The number of hydrogen-bond acceptors (Lipinski definition) is 2. The predicted molar refractivity (Wildman–Crippen MR) is 120 cm³/mol. The lowest BCUT2D eigenvalue weighted by molar-refractivity contribution is -0.132. The quantitative estimate of drug-likeness (QED) is 0.459. The van der Waals surface area contributed by atoms with Crippen molar-refractivity contribution < 1.29 is 13.9 Å². The van der Waals surface area contributed by atoms with Crippen molar-refractivity contribution in [1.82, 2.24) is 0 Å². The van der Waals surface area contributed by atoms with Crippen molar-refractivity contribution in [2.24, 2.45) is 40.9 Å². The summed E-state index contributed by atoms with van der Waals surface area (Å²) in [5, 5.41) is 0.761. The van der Waals surface area contributed by atoms with Crippen LogP contribution in [0.25, 0.3) is 6.08 Å². The molecule has 1 aromatic rings. The Bertz CT molecular complexity index is 1070.